The topological polar surface area (TPSA) is 0 Å². The van der Waals surface area contributed by atoms with Crippen molar-refractivity contribution in [1.82, 2.24) is 0 Å². The first-order valence-corrected chi connectivity index (χ1v) is 6.88. The first-order valence-electron chi connectivity index (χ1n) is 5.76. The van der Waals surface area contributed by atoms with Gasteiger partial charge in [-0.1, -0.05) is 76.1 Å². The van der Waals surface area contributed by atoms with Crippen LogP contribution < -0.4 is 0 Å². The number of hydrogen-bond acceptors (Lipinski definition) is 0. The van der Waals surface area contributed by atoms with Gasteiger partial charge in [-0.15, -0.1) is 5.92 Å². The van der Waals surface area contributed by atoms with E-state index in [9.17, 15) is 0 Å². The van der Waals surface area contributed by atoms with E-state index in [0.717, 1.165) is 6.42 Å². The molecule has 18 heavy (non-hydrogen) atoms. The first-order chi connectivity index (χ1) is 8.91. The minimum absolute atomic E-state index is 0.591. The zero-order valence-electron chi connectivity index (χ0n) is 10.6. The quantitative estimate of drug-likeness (QED) is 0.475. The summed E-state index contributed by atoms with van der Waals surface area (Å²) in [6.07, 6.45) is 3.33. The Labute approximate surface area is 119 Å². The van der Waals surface area contributed by atoms with Gasteiger partial charge >= 0.3 is 0 Å². The lowest BCUT2D eigenvalue weighted by Gasteiger charge is -1.74. The summed E-state index contributed by atoms with van der Waals surface area (Å²) in [7, 11) is 0. The molecule has 90 valence electrons. The Morgan fingerprint density at radius 1 is 0.556 bits per heavy atom. The zero-order valence-corrected chi connectivity index (χ0v) is 12.2. The van der Waals surface area contributed by atoms with Crippen LogP contribution in [0.3, 0.4) is 0 Å². The molecule has 0 bridgehead atoms. The molecular weight excluding hydrogens is 284 g/mol. The van der Waals surface area contributed by atoms with Crippen molar-refractivity contribution in [2.45, 2.75) is 39.0 Å². The number of hydrogen-bond donors (Lipinski definition) is 0. The summed E-state index contributed by atoms with van der Waals surface area (Å²) in [4.78, 5) is 0. The smallest absolute Gasteiger partial charge is 0.0703 e. The Morgan fingerprint density at radius 2 is 0.889 bits per heavy atom. The van der Waals surface area contributed by atoms with Crippen molar-refractivity contribution in [3.63, 3.8) is 0 Å². The maximum absolute atomic E-state index is 3.22. The van der Waals surface area contributed by atoms with Gasteiger partial charge in [0.25, 0.3) is 0 Å². The van der Waals surface area contributed by atoms with Crippen molar-refractivity contribution < 1.29 is 0 Å². The summed E-state index contributed by atoms with van der Waals surface area (Å²) in [6.45, 7) is 2.03. The third kappa shape index (κ3) is 14.3. The van der Waals surface area contributed by atoms with Gasteiger partial charge in [-0.05, 0) is 0 Å². The second kappa shape index (κ2) is 15.3. The highest BCUT2D eigenvalue weighted by molar-refractivity contribution is 9.09. The molecule has 0 N–H and O–H groups in total. The molecule has 0 aromatic carbocycles. The van der Waals surface area contributed by atoms with E-state index in [1.165, 1.54) is 0 Å². The van der Waals surface area contributed by atoms with Crippen LogP contribution in [0.4, 0.5) is 0 Å². The SMILES string of the molecule is CCC#CCC#CCC#CCC#CCC#CCBr. The van der Waals surface area contributed by atoms with Crippen molar-refractivity contribution in [3.05, 3.63) is 0 Å². The Kier molecular flexibility index (Phi) is 13.8. The Bertz CT molecular complexity index is 465. The maximum Gasteiger partial charge on any atom is 0.0703 e. The highest BCUT2D eigenvalue weighted by Gasteiger charge is 1.70. The lowest BCUT2D eigenvalue weighted by molar-refractivity contribution is 1.27. The monoisotopic (exact) mass is 298 g/mol. The molecular formula is C17H15Br. The summed E-state index contributed by atoms with van der Waals surface area (Å²) >= 11 is 3.22. The van der Waals surface area contributed by atoms with Crippen LogP contribution in [-0.2, 0) is 0 Å². The average Bonchev–Trinajstić information content (AvgIpc) is 2.39. The van der Waals surface area contributed by atoms with Gasteiger partial charge in [0, 0.05) is 6.42 Å². The second-order valence-corrected chi connectivity index (χ2v) is 3.52. The molecule has 0 fully saturated rings. The molecule has 1 heteroatoms. The molecule has 0 rings (SSSR count). The summed E-state index contributed by atoms with van der Waals surface area (Å²) in [5.74, 6) is 29.5. The number of alkyl halides is 1. The predicted octanol–water partition coefficient (Wildman–Crippen LogP) is 3.37. The van der Waals surface area contributed by atoms with Crippen LogP contribution in [0.2, 0.25) is 0 Å². The van der Waals surface area contributed by atoms with Crippen LogP contribution in [0.25, 0.3) is 0 Å². The van der Waals surface area contributed by atoms with Crippen LogP contribution in [0.1, 0.15) is 39.0 Å². The average molecular weight is 299 g/mol. The molecule has 0 atom stereocenters. The maximum atomic E-state index is 3.22. The lowest BCUT2D eigenvalue weighted by Crippen LogP contribution is -1.66. The summed E-state index contributed by atoms with van der Waals surface area (Å²) < 4.78 is 0. The first kappa shape index (κ1) is 16.3. The second-order valence-electron chi connectivity index (χ2n) is 2.96. The standard InChI is InChI=1S/C17H15Br/c1-2-3-4-5-6-7-8-9-10-11-12-13-14-15-16-17-18/h2,5,8,11,14,17H2,1H3. The van der Waals surface area contributed by atoms with E-state index in [4.69, 9.17) is 0 Å². The van der Waals surface area contributed by atoms with Crippen molar-refractivity contribution in [2.24, 2.45) is 0 Å². The van der Waals surface area contributed by atoms with Gasteiger partial charge < -0.3 is 0 Å². The normalized spacial score (nSPS) is 6.56. The minimum Gasteiger partial charge on any atom is -0.103 e. The van der Waals surface area contributed by atoms with E-state index in [0.29, 0.717) is 31.0 Å². The Balaban J connectivity index is 3.66. The third-order valence-electron chi connectivity index (χ3n) is 1.58. The van der Waals surface area contributed by atoms with Gasteiger partial charge in [0.1, 0.15) is 0 Å². The zero-order chi connectivity index (χ0) is 13.3. The van der Waals surface area contributed by atoms with E-state index >= 15 is 0 Å². The fourth-order valence-corrected chi connectivity index (χ4v) is 1.05. The number of halogens is 1. The lowest BCUT2D eigenvalue weighted by atomic mass is 10.3. The van der Waals surface area contributed by atoms with Gasteiger partial charge in [0.15, 0.2) is 0 Å². The van der Waals surface area contributed by atoms with Gasteiger partial charge in [0.05, 0.1) is 31.0 Å². The van der Waals surface area contributed by atoms with E-state index in [2.05, 4.69) is 75.1 Å². The summed E-state index contributed by atoms with van der Waals surface area (Å²) in [6, 6.07) is 0. The van der Waals surface area contributed by atoms with E-state index < -0.39 is 0 Å². The molecule has 0 aromatic rings. The molecule has 0 saturated carbocycles. The minimum atomic E-state index is 0.591. The fourth-order valence-electron chi connectivity index (χ4n) is 0.849. The van der Waals surface area contributed by atoms with Crippen molar-refractivity contribution >= 4 is 15.9 Å². The van der Waals surface area contributed by atoms with Gasteiger partial charge in [-0.3, -0.25) is 0 Å². The van der Waals surface area contributed by atoms with Crippen LogP contribution in [-0.4, -0.2) is 5.33 Å². The largest absolute Gasteiger partial charge is 0.103 e. The van der Waals surface area contributed by atoms with Crippen molar-refractivity contribution in [3.8, 4) is 59.2 Å². The van der Waals surface area contributed by atoms with E-state index in [1.54, 1.807) is 0 Å². The molecule has 0 nitrogen and oxygen atoms in total. The number of rotatable bonds is 0. The molecule has 0 heterocycles. The van der Waals surface area contributed by atoms with Crippen molar-refractivity contribution in [2.75, 3.05) is 5.33 Å². The molecule has 0 aliphatic carbocycles. The summed E-state index contributed by atoms with van der Waals surface area (Å²) in [5.41, 5.74) is 0. The fraction of sp³-hybridized carbons (Fsp3) is 0.412. The molecule has 0 amide bonds. The van der Waals surface area contributed by atoms with Gasteiger partial charge in [-0.2, -0.15) is 0 Å². The molecule has 0 unspecified atom stereocenters. The molecule has 0 aromatic heterocycles. The van der Waals surface area contributed by atoms with Gasteiger partial charge in [0.2, 0.25) is 0 Å². The van der Waals surface area contributed by atoms with Crippen LogP contribution in [0.5, 0.6) is 0 Å². The Morgan fingerprint density at radius 3 is 1.22 bits per heavy atom. The highest BCUT2D eigenvalue weighted by Crippen LogP contribution is 1.79. The molecule has 0 aliphatic rings. The summed E-state index contributed by atoms with van der Waals surface area (Å²) in [5, 5.41) is 0.704. The highest BCUT2D eigenvalue weighted by atomic mass is 79.9. The van der Waals surface area contributed by atoms with Crippen LogP contribution in [0.15, 0.2) is 0 Å². The Hall–Kier alpha value is -1.72. The van der Waals surface area contributed by atoms with Gasteiger partial charge in [-0.25, -0.2) is 0 Å². The molecule has 0 saturated heterocycles. The molecule has 0 spiro atoms. The van der Waals surface area contributed by atoms with Crippen LogP contribution in [0, 0.1) is 59.2 Å². The van der Waals surface area contributed by atoms with Crippen LogP contribution >= 0.6 is 15.9 Å². The third-order valence-corrected chi connectivity index (χ3v) is 1.86. The molecule has 0 aliphatic heterocycles. The predicted molar refractivity (Wildman–Crippen MR) is 81.4 cm³/mol. The van der Waals surface area contributed by atoms with E-state index in [-0.39, 0.29) is 0 Å². The van der Waals surface area contributed by atoms with E-state index in [1.807, 2.05) is 6.92 Å². The van der Waals surface area contributed by atoms with Crippen molar-refractivity contribution in [1.29, 1.82) is 0 Å². The molecule has 0 radical (unpaired) electrons.